The number of carbonyl (C=O) groups excluding carboxylic acids is 1. The highest BCUT2D eigenvalue weighted by atomic mass is 16.2. The molecule has 28 heavy (non-hydrogen) atoms. The van der Waals surface area contributed by atoms with Crippen LogP contribution in [0.2, 0.25) is 0 Å². The second-order valence-electron chi connectivity index (χ2n) is 8.75. The zero-order chi connectivity index (χ0) is 18.9. The molecule has 1 aromatic heterocycles. The van der Waals surface area contributed by atoms with Crippen LogP contribution >= 0.6 is 0 Å². The Morgan fingerprint density at radius 1 is 0.929 bits per heavy atom. The maximum atomic E-state index is 13.0. The second-order valence-corrected chi connectivity index (χ2v) is 8.75. The fourth-order valence-electron chi connectivity index (χ4n) is 5.44. The van der Waals surface area contributed by atoms with Crippen molar-refractivity contribution in [2.75, 3.05) is 19.6 Å². The topological polar surface area (TPSA) is 36.4 Å². The van der Waals surface area contributed by atoms with Gasteiger partial charge >= 0.3 is 0 Å². The largest absolute Gasteiger partial charge is 0.338 e. The lowest BCUT2D eigenvalue weighted by atomic mass is 9.94. The van der Waals surface area contributed by atoms with Crippen molar-refractivity contribution in [1.82, 2.24) is 14.8 Å². The summed E-state index contributed by atoms with van der Waals surface area (Å²) in [6.45, 7) is 3.14. The van der Waals surface area contributed by atoms with Crippen molar-refractivity contribution in [2.24, 2.45) is 5.92 Å². The average molecular weight is 376 g/mol. The molecular weight excluding hydrogens is 346 g/mol. The third-order valence-electron chi connectivity index (χ3n) is 6.93. The number of hydrogen-bond donors (Lipinski definition) is 0. The highest BCUT2D eigenvalue weighted by Crippen LogP contribution is 2.33. The Hall–Kier alpha value is -2.20. The van der Waals surface area contributed by atoms with Crippen LogP contribution in [-0.2, 0) is 24.1 Å². The van der Waals surface area contributed by atoms with E-state index in [1.807, 2.05) is 24.4 Å². The van der Waals surface area contributed by atoms with E-state index in [1.165, 1.54) is 30.4 Å². The van der Waals surface area contributed by atoms with Crippen LogP contribution < -0.4 is 0 Å². The molecule has 1 amide bonds. The van der Waals surface area contributed by atoms with Gasteiger partial charge in [0, 0.05) is 50.0 Å². The van der Waals surface area contributed by atoms with Gasteiger partial charge in [0.15, 0.2) is 0 Å². The Bertz CT molecular complexity index is 812. The average Bonchev–Trinajstić information content (AvgIpc) is 2.95. The van der Waals surface area contributed by atoms with Gasteiger partial charge in [-0.3, -0.25) is 14.7 Å². The summed E-state index contributed by atoms with van der Waals surface area (Å²) in [5.74, 6) is 0.943. The van der Waals surface area contributed by atoms with Crippen molar-refractivity contribution in [3.05, 3.63) is 65.5 Å². The summed E-state index contributed by atoms with van der Waals surface area (Å²) in [5, 5.41) is 0. The molecule has 0 saturated carbocycles. The van der Waals surface area contributed by atoms with Crippen LogP contribution in [0.3, 0.4) is 0 Å². The van der Waals surface area contributed by atoms with Crippen LogP contribution in [0.25, 0.3) is 0 Å². The van der Waals surface area contributed by atoms with E-state index in [1.54, 1.807) is 0 Å². The quantitative estimate of drug-likeness (QED) is 0.824. The van der Waals surface area contributed by atoms with Crippen LogP contribution in [0.5, 0.6) is 0 Å². The molecule has 2 atom stereocenters. The number of benzene rings is 1. The maximum absolute atomic E-state index is 13.0. The summed E-state index contributed by atoms with van der Waals surface area (Å²) >= 11 is 0. The lowest BCUT2D eigenvalue weighted by Crippen LogP contribution is -2.48. The number of aromatic nitrogens is 1. The fourth-order valence-corrected chi connectivity index (χ4v) is 5.44. The number of hydrogen-bond acceptors (Lipinski definition) is 3. The van der Waals surface area contributed by atoms with Crippen LogP contribution in [0.1, 0.15) is 36.1 Å². The van der Waals surface area contributed by atoms with E-state index in [4.69, 9.17) is 0 Å². The standard InChI is InChI=1S/C24H29N3O/c28-24(11-9-21-7-3-4-12-25-21)27-16-18-8-10-22(27)17-26(15-18)23-13-19-5-1-2-6-20(19)14-23/h1-7,12,18,22-23H,8-11,13-17H2/t18-,22+/m0/s1. The van der Waals surface area contributed by atoms with Gasteiger partial charge < -0.3 is 4.90 Å². The summed E-state index contributed by atoms with van der Waals surface area (Å²) in [7, 11) is 0. The van der Waals surface area contributed by atoms with Crippen LogP contribution in [0.4, 0.5) is 0 Å². The van der Waals surface area contributed by atoms with Gasteiger partial charge in [-0.15, -0.1) is 0 Å². The Kier molecular flexibility index (Phi) is 4.89. The van der Waals surface area contributed by atoms with Gasteiger partial charge in [-0.1, -0.05) is 30.3 Å². The van der Waals surface area contributed by atoms with Gasteiger partial charge in [0.25, 0.3) is 0 Å². The van der Waals surface area contributed by atoms with E-state index in [9.17, 15) is 4.79 Å². The van der Waals surface area contributed by atoms with Gasteiger partial charge in [0.1, 0.15) is 0 Å². The lowest BCUT2D eigenvalue weighted by Gasteiger charge is -2.36. The Labute approximate surface area is 167 Å². The highest BCUT2D eigenvalue weighted by molar-refractivity contribution is 5.77. The molecule has 0 unspecified atom stereocenters. The summed E-state index contributed by atoms with van der Waals surface area (Å²) in [6, 6.07) is 15.8. The van der Waals surface area contributed by atoms with Gasteiger partial charge in [0.05, 0.1) is 0 Å². The molecule has 2 bridgehead atoms. The minimum atomic E-state index is 0.317. The molecular formula is C24H29N3O. The molecule has 0 spiro atoms. The zero-order valence-electron chi connectivity index (χ0n) is 16.5. The van der Waals surface area contributed by atoms with Crippen LogP contribution in [-0.4, -0.2) is 52.4 Å². The van der Waals surface area contributed by atoms with E-state index in [2.05, 4.69) is 39.0 Å². The van der Waals surface area contributed by atoms with Crippen molar-refractivity contribution in [2.45, 2.75) is 50.6 Å². The van der Waals surface area contributed by atoms with E-state index in [0.29, 0.717) is 30.3 Å². The predicted molar refractivity (Wildman–Crippen MR) is 110 cm³/mol. The van der Waals surface area contributed by atoms with Crippen LogP contribution in [0.15, 0.2) is 48.7 Å². The molecule has 0 N–H and O–H groups in total. The van der Waals surface area contributed by atoms with Crippen molar-refractivity contribution in [1.29, 1.82) is 0 Å². The van der Waals surface area contributed by atoms with Gasteiger partial charge in [-0.05, 0) is 61.3 Å². The van der Waals surface area contributed by atoms with Gasteiger partial charge in [0.2, 0.25) is 5.91 Å². The first-order valence-corrected chi connectivity index (χ1v) is 10.8. The van der Waals surface area contributed by atoms with Crippen molar-refractivity contribution >= 4 is 5.91 Å². The number of rotatable bonds is 4. The summed E-state index contributed by atoms with van der Waals surface area (Å²) in [4.78, 5) is 22.3. The smallest absolute Gasteiger partial charge is 0.223 e. The first-order chi connectivity index (χ1) is 13.8. The first kappa shape index (κ1) is 17.9. The molecule has 4 nitrogen and oxygen atoms in total. The lowest BCUT2D eigenvalue weighted by molar-refractivity contribution is -0.135. The number of nitrogens with zero attached hydrogens (tertiary/aromatic N) is 3. The first-order valence-electron chi connectivity index (χ1n) is 10.8. The predicted octanol–water partition coefficient (Wildman–Crippen LogP) is 3.10. The molecule has 4 aliphatic rings. The Morgan fingerprint density at radius 3 is 2.46 bits per heavy atom. The van der Waals surface area contributed by atoms with Crippen molar-refractivity contribution in [3.8, 4) is 0 Å². The van der Waals surface area contributed by atoms with Crippen LogP contribution in [0, 0.1) is 5.92 Å². The molecule has 1 aliphatic carbocycles. The fraction of sp³-hybridized carbons (Fsp3) is 0.500. The molecule has 6 rings (SSSR count). The molecule has 1 aromatic carbocycles. The van der Waals surface area contributed by atoms with E-state index < -0.39 is 0 Å². The van der Waals surface area contributed by atoms with Gasteiger partial charge in [-0.25, -0.2) is 0 Å². The van der Waals surface area contributed by atoms with E-state index >= 15 is 0 Å². The minimum absolute atomic E-state index is 0.317. The molecule has 3 saturated heterocycles. The molecule has 146 valence electrons. The number of amides is 1. The minimum Gasteiger partial charge on any atom is -0.338 e. The molecule has 3 aliphatic heterocycles. The summed E-state index contributed by atoms with van der Waals surface area (Å²) < 4.78 is 0. The van der Waals surface area contributed by atoms with Crippen molar-refractivity contribution < 1.29 is 4.79 Å². The Balaban J connectivity index is 1.24. The third kappa shape index (κ3) is 3.58. The summed E-state index contributed by atoms with van der Waals surface area (Å²) in [5.41, 5.74) is 4.06. The molecule has 3 fully saturated rings. The molecule has 4 heteroatoms. The molecule has 4 heterocycles. The highest BCUT2D eigenvalue weighted by Gasteiger charge is 2.39. The SMILES string of the molecule is O=C(CCc1ccccn1)N1C[C@H]2CC[C@@H]1CN(C1Cc3ccccc3C1)C2. The summed E-state index contributed by atoms with van der Waals surface area (Å²) in [6.07, 6.45) is 7.91. The van der Waals surface area contributed by atoms with E-state index in [0.717, 1.165) is 38.2 Å². The number of pyridine rings is 1. The number of aryl methyl sites for hydroxylation is 1. The number of carbonyl (C=O) groups is 1. The third-order valence-corrected chi connectivity index (χ3v) is 6.93. The zero-order valence-corrected chi connectivity index (χ0v) is 16.5. The van der Waals surface area contributed by atoms with E-state index in [-0.39, 0.29) is 0 Å². The number of fused-ring (bicyclic) bond motifs is 5. The number of piperidine rings is 1. The van der Waals surface area contributed by atoms with Crippen molar-refractivity contribution in [3.63, 3.8) is 0 Å². The molecule has 0 radical (unpaired) electrons. The monoisotopic (exact) mass is 375 g/mol. The van der Waals surface area contributed by atoms with Gasteiger partial charge in [-0.2, -0.15) is 0 Å². The maximum Gasteiger partial charge on any atom is 0.223 e. The normalized spacial score (nSPS) is 24.9. The second kappa shape index (κ2) is 7.67. The molecule has 2 aromatic rings. The Morgan fingerprint density at radius 2 is 1.71 bits per heavy atom.